The molecule has 2 fully saturated rings. The SMILES string of the molecule is CO[C@@H]1CN(C2CCOCC2)CC[C@@H]1Cc1ccccc1F. The zero-order chi connectivity index (χ0) is 15.4. The Balaban J connectivity index is 1.61. The van der Waals surface area contributed by atoms with Gasteiger partial charge in [0.2, 0.25) is 0 Å². The maximum atomic E-state index is 13.9. The van der Waals surface area contributed by atoms with Crippen LogP contribution in [0.5, 0.6) is 0 Å². The standard InChI is InChI=1S/C18H26FNO2/c1-21-18-13-20(16-7-10-22-11-8-16)9-6-15(18)12-14-4-2-3-5-17(14)19/h2-5,15-16,18H,6-13H2,1H3/t15-,18-/m1/s1. The Hall–Kier alpha value is -0.970. The molecule has 4 heteroatoms. The van der Waals surface area contributed by atoms with E-state index in [1.165, 1.54) is 0 Å². The summed E-state index contributed by atoms with van der Waals surface area (Å²) in [6, 6.07) is 7.74. The number of methoxy groups -OCH3 is 1. The second-order valence-corrected chi connectivity index (χ2v) is 6.46. The molecular formula is C18H26FNO2. The van der Waals surface area contributed by atoms with Crippen molar-refractivity contribution >= 4 is 0 Å². The number of hydrogen-bond donors (Lipinski definition) is 0. The quantitative estimate of drug-likeness (QED) is 0.854. The molecule has 0 bridgehead atoms. The molecule has 1 aromatic rings. The van der Waals surface area contributed by atoms with Crippen LogP contribution in [0.15, 0.2) is 24.3 Å². The zero-order valence-electron chi connectivity index (χ0n) is 13.3. The lowest BCUT2D eigenvalue weighted by Gasteiger charge is -2.43. The van der Waals surface area contributed by atoms with E-state index in [9.17, 15) is 4.39 Å². The number of likely N-dealkylation sites (tertiary alicyclic amines) is 1. The van der Waals surface area contributed by atoms with E-state index in [1.54, 1.807) is 19.2 Å². The Kier molecular flexibility index (Phi) is 5.45. The summed E-state index contributed by atoms with van der Waals surface area (Å²) >= 11 is 0. The van der Waals surface area contributed by atoms with Crippen molar-refractivity contribution in [3.8, 4) is 0 Å². The summed E-state index contributed by atoms with van der Waals surface area (Å²) in [5.74, 6) is 0.308. The van der Waals surface area contributed by atoms with Crippen molar-refractivity contribution in [2.75, 3.05) is 33.4 Å². The zero-order valence-corrected chi connectivity index (χ0v) is 13.3. The summed E-state index contributed by atoms with van der Waals surface area (Å²) < 4.78 is 25.1. The van der Waals surface area contributed by atoms with E-state index in [2.05, 4.69) is 4.90 Å². The molecule has 0 aromatic heterocycles. The predicted molar refractivity (Wildman–Crippen MR) is 84.4 cm³/mol. The minimum atomic E-state index is -0.0933. The van der Waals surface area contributed by atoms with E-state index in [0.717, 1.165) is 57.6 Å². The molecule has 0 radical (unpaired) electrons. The Labute approximate surface area is 132 Å². The molecule has 2 atom stereocenters. The van der Waals surface area contributed by atoms with Gasteiger partial charge in [-0.15, -0.1) is 0 Å². The first-order valence-electron chi connectivity index (χ1n) is 8.36. The monoisotopic (exact) mass is 307 g/mol. The van der Waals surface area contributed by atoms with Gasteiger partial charge in [0, 0.05) is 32.9 Å². The molecular weight excluding hydrogens is 281 g/mol. The molecule has 1 aromatic carbocycles. The van der Waals surface area contributed by atoms with Crippen LogP contribution in [0.3, 0.4) is 0 Å². The Morgan fingerprint density at radius 3 is 2.73 bits per heavy atom. The third-order valence-corrected chi connectivity index (χ3v) is 5.18. The van der Waals surface area contributed by atoms with Crippen LogP contribution < -0.4 is 0 Å². The molecule has 2 aliphatic rings. The van der Waals surface area contributed by atoms with Gasteiger partial charge in [-0.05, 0) is 49.8 Å². The molecule has 0 amide bonds. The fourth-order valence-corrected chi connectivity index (χ4v) is 3.82. The summed E-state index contributed by atoms with van der Waals surface area (Å²) in [7, 11) is 1.78. The molecule has 2 heterocycles. The summed E-state index contributed by atoms with van der Waals surface area (Å²) in [6.45, 7) is 3.79. The van der Waals surface area contributed by atoms with Crippen molar-refractivity contribution in [1.82, 2.24) is 4.90 Å². The van der Waals surface area contributed by atoms with Crippen LogP contribution in [0, 0.1) is 11.7 Å². The number of nitrogens with zero attached hydrogens (tertiary/aromatic N) is 1. The third-order valence-electron chi connectivity index (χ3n) is 5.18. The number of piperidine rings is 1. The van der Waals surface area contributed by atoms with E-state index in [0.29, 0.717) is 12.0 Å². The van der Waals surface area contributed by atoms with E-state index >= 15 is 0 Å². The fourth-order valence-electron chi connectivity index (χ4n) is 3.82. The van der Waals surface area contributed by atoms with Gasteiger partial charge in [0.1, 0.15) is 5.82 Å². The summed E-state index contributed by atoms with van der Waals surface area (Å²) in [5.41, 5.74) is 0.814. The molecule has 3 nitrogen and oxygen atoms in total. The third kappa shape index (κ3) is 3.67. The first kappa shape index (κ1) is 15.9. The van der Waals surface area contributed by atoms with Gasteiger partial charge in [0.15, 0.2) is 0 Å². The second-order valence-electron chi connectivity index (χ2n) is 6.46. The number of hydrogen-bond acceptors (Lipinski definition) is 3. The molecule has 0 saturated carbocycles. The molecule has 3 rings (SSSR count). The van der Waals surface area contributed by atoms with Crippen molar-refractivity contribution in [2.24, 2.45) is 5.92 Å². The lowest BCUT2D eigenvalue weighted by Crippen LogP contribution is -2.51. The van der Waals surface area contributed by atoms with Crippen molar-refractivity contribution in [3.05, 3.63) is 35.6 Å². The molecule has 122 valence electrons. The predicted octanol–water partition coefficient (Wildman–Crippen LogP) is 2.88. The number of ether oxygens (including phenoxy) is 2. The first-order chi connectivity index (χ1) is 10.8. The van der Waals surface area contributed by atoms with Crippen LogP contribution >= 0.6 is 0 Å². The molecule has 0 spiro atoms. The number of rotatable bonds is 4. The van der Waals surface area contributed by atoms with E-state index < -0.39 is 0 Å². The number of benzene rings is 1. The molecule has 0 N–H and O–H groups in total. The normalized spacial score (nSPS) is 27.9. The topological polar surface area (TPSA) is 21.7 Å². The highest BCUT2D eigenvalue weighted by atomic mass is 19.1. The molecule has 2 saturated heterocycles. The van der Waals surface area contributed by atoms with Gasteiger partial charge in [-0.25, -0.2) is 4.39 Å². The van der Waals surface area contributed by atoms with Crippen LogP contribution in [-0.2, 0) is 15.9 Å². The minimum Gasteiger partial charge on any atom is -0.381 e. The molecule has 0 aliphatic carbocycles. The van der Waals surface area contributed by atoms with Crippen molar-refractivity contribution in [3.63, 3.8) is 0 Å². The molecule has 22 heavy (non-hydrogen) atoms. The lowest BCUT2D eigenvalue weighted by molar-refractivity contribution is -0.0450. The highest BCUT2D eigenvalue weighted by molar-refractivity contribution is 5.18. The van der Waals surface area contributed by atoms with Gasteiger partial charge in [-0.1, -0.05) is 18.2 Å². The van der Waals surface area contributed by atoms with Crippen LogP contribution in [0.25, 0.3) is 0 Å². The van der Waals surface area contributed by atoms with Gasteiger partial charge < -0.3 is 9.47 Å². The van der Waals surface area contributed by atoms with Gasteiger partial charge in [-0.3, -0.25) is 4.90 Å². The van der Waals surface area contributed by atoms with Crippen LogP contribution in [-0.4, -0.2) is 50.5 Å². The van der Waals surface area contributed by atoms with Crippen molar-refractivity contribution < 1.29 is 13.9 Å². The average Bonchev–Trinajstić information content (AvgIpc) is 2.58. The maximum Gasteiger partial charge on any atom is 0.126 e. The summed E-state index contributed by atoms with van der Waals surface area (Å²) in [6.07, 6.45) is 4.27. The van der Waals surface area contributed by atoms with Gasteiger partial charge in [0.05, 0.1) is 6.10 Å². The fraction of sp³-hybridized carbons (Fsp3) is 0.667. The Morgan fingerprint density at radius 2 is 2.00 bits per heavy atom. The highest BCUT2D eigenvalue weighted by Gasteiger charge is 2.33. The average molecular weight is 307 g/mol. The second kappa shape index (κ2) is 7.53. The van der Waals surface area contributed by atoms with E-state index in [-0.39, 0.29) is 11.9 Å². The molecule has 0 unspecified atom stereocenters. The van der Waals surface area contributed by atoms with Crippen molar-refractivity contribution in [1.29, 1.82) is 0 Å². The minimum absolute atomic E-state index is 0.0933. The van der Waals surface area contributed by atoms with Gasteiger partial charge in [0.25, 0.3) is 0 Å². The van der Waals surface area contributed by atoms with E-state index in [1.807, 2.05) is 12.1 Å². The summed E-state index contributed by atoms with van der Waals surface area (Å²) in [5, 5.41) is 0. The maximum absolute atomic E-state index is 13.9. The van der Waals surface area contributed by atoms with Crippen LogP contribution in [0.4, 0.5) is 4.39 Å². The Bertz CT molecular complexity index is 476. The van der Waals surface area contributed by atoms with Crippen molar-refractivity contribution in [2.45, 2.75) is 37.8 Å². The van der Waals surface area contributed by atoms with Crippen LogP contribution in [0.1, 0.15) is 24.8 Å². The Morgan fingerprint density at radius 1 is 1.23 bits per heavy atom. The van der Waals surface area contributed by atoms with Crippen LogP contribution in [0.2, 0.25) is 0 Å². The smallest absolute Gasteiger partial charge is 0.126 e. The molecule has 2 aliphatic heterocycles. The largest absolute Gasteiger partial charge is 0.381 e. The van der Waals surface area contributed by atoms with Gasteiger partial charge in [-0.2, -0.15) is 0 Å². The lowest BCUT2D eigenvalue weighted by atomic mass is 9.86. The summed E-state index contributed by atoms with van der Waals surface area (Å²) in [4.78, 5) is 2.55. The number of halogens is 1. The van der Waals surface area contributed by atoms with Gasteiger partial charge >= 0.3 is 0 Å². The van der Waals surface area contributed by atoms with E-state index in [4.69, 9.17) is 9.47 Å². The first-order valence-corrected chi connectivity index (χ1v) is 8.36. The highest BCUT2D eigenvalue weighted by Crippen LogP contribution is 2.28.